The highest BCUT2D eigenvalue weighted by Crippen LogP contribution is 2.30. The van der Waals surface area contributed by atoms with Gasteiger partial charge in [0.25, 0.3) is 5.91 Å². The first-order valence-electron chi connectivity index (χ1n) is 12.2. The maximum Gasteiger partial charge on any atom is 0.266 e. The van der Waals surface area contributed by atoms with E-state index in [-0.39, 0.29) is 5.57 Å². The molecule has 0 aliphatic carbocycles. The van der Waals surface area contributed by atoms with Gasteiger partial charge in [0, 0.05) is 5.69 Å². The Morgan fingerprint density at radius 3 is 2.26 bits per heavy atom. The van der Waals surface area contributed by atoms with Crippen molar-refractivity contribution in [3.63, 3.8) is 0 Å². The first kappa shape index (κ1) is 26.8. The number of hydrogen-bond donors (Lipinski definition) is 1. The lowest BCUT2D eigenvalue weighted by molar-refractivity contribution is -0.112. The second-order valence-corrected chi connectivity index (χ2v) is 7.84. The van der Waals surface area contributed by atoms with Crippen molar-refractivity contribution in [3.8, 4) is 23.3 Å². The Balaban J connectivity index is 2.02. The van der Waals surface area contributed by atoms with Crippen LogP contribution in [0.4, 0.5) is 5.69 Å². The summed E-state index contributed by atoms with van der Waals surface area (Å²) in [6.07, 6.45) is 8.73. The van der Waals surface area contributed by atoms with Crippen LogP contribution in [0.2, 0.25) is 0 Å². The quantitative estimate of drug-likeness (QED) is 0.179. The first-order chi connectivity index (χ1) is 16.6. The van der Waals surface area contributed by atoms with Gasteiger partial charge in [-0.15, -0.1) is 0 Å². The molecule has 6 heteroatoms. The minimum Gasteiger partial charge on any atom is -0.494 e. The van der Waals surface area contributed by atoms with Crippen molar-refractivity contribution in [3.05, 3.63) is 53.6 Å². The number of hydrogen-bond acceptors (Lipinski definition) is 5. The molecule has 0 unspecified atom stereocenters. The third-order valence-electron chi connectivity index (χ3n) is 5.12. The molecule has 0 saturated carbocycles. The average molecular weight is 465 g/mol. The van der Waals surface area contributed by atoms with Crippen LogP contribution in [0, 0.1) is 11.3 Å². The van der Waals surface area contributed by atoms with Crippen molar-refractivity contribution < 1.29 is 19.0 Å². The second-order valence-electron chi connectivity index (χ2n) is 7.84. The summed E-state index contributed by atoms with van der Waals surface area (Å²) in [5, 5.41) is 12.3. The highest BCUT2D eigenvalue weighted by atomic mass is 16.5. The Hall–Kier alpha value is -3.46. The van der Waals surface area contributed by atoms with E-state index in [1.165, 1.54) is 25.7 Å². The molecule has 0 aromatic heterocycles. The van der Waals surface area contributed by atoms with Crippen LogP contribution in [0.5, 0.6) is 17.2 Å². The fourth-order valence-electron chi connectivity index (χ4n) is 3.38. The van der Waals surface area contributed by atoms with Crippen LogP contribution in [0.1, 0.15) is 64.9 Å². The van der Waals surface area contributed by atoms with Crippen LogP contribution < -0.4 is 19.5 Å². The first-order valence-corrected chi connectivity index (χ1v) is 12.2. The highest BCUT2D eigenvalue weighted by Gasteiger charge is 2.12. The van der Waals surface area contributed by atoms with E-state index in [4.69, 9.17) is 14.2 Å². The van der Waals surface area contributed by atoms with Gasteiger partial charge in [-0.2, -0.15) is 5.26 Å². The predicted molar refractivity (Wildman–Crippen MR) is 136 cm³/mol. The number of carbonyl (C=O) groups excluding carboxylic acids is 1. The van der Waals surface area contributed by atoms with Gasteiger partial charge in [0.2, 0.25) is 0 Å². The number of anilines is 1. The SMILES string of the molecule is CCCCCCCCOc1ccc(C=C(C#N)C(=O)Nc2ccc(OCC)cc2)cc1OCC. The van der Waals surface area contributed by atoms with Gasteiger partial charge in [-0.25, -0.2) is 0 Å². The molecule has 0 atom stereocenters. The van der Waals surface area contributed by atoms with E-state index in [9.17, 15) is 10.1 Å². The zero-order chi connectivity index (χ0) is 24.6. The molecule has 0 radical (unpaired) electrons. The molecule has 1 N–H and O–H groups in total. The molecule has 0 spiro atoms. The van der Waals surface area contributed by atoms with Crippen molar-refractivity contribution in [1.29, 1.82) is 5.26 Å². The minimum absolute atomic E-state index is 0.00270. The summed E-state index contributed by atoms with van der Waals surface area (Å²) < 4.78 is 17.1. The van der Waals surface area contributed by atoms with Crippen molar-refractivity contribution >= 4 is 17.7 Å². The van der Waals surface area contributed by atoms with Gasteiger partial charge in [-0.1, -0.05) is 45.1 Å². The monoisotopic (exact) mass is 464 g/mol. The van der Waals surface area contributed by atoms with Crippen LogP contribution in [0.15, 0.2) is 48.0 Å². The fourth-order valence-corrected chi connectivity index (χ4v) is 3.38. The van der Waals surface area contributed by atoms with Gasteiger partial charge in [0.05, 0.1) is 19.8 Å². The summed E-state index contributed by atoms with van der Waals surface area (Å²) in [6.45, 7) is 7.72. The van der Waals surface area contributed by atoms with E-state index in [0.717, 1.165) is 18.6 Å². The third kappa shape index (κ3) is 9.19. The molecule has 0 fully saturated rings. The number of nitrogens with zero attached hydrogens (tertiary/aromatic N) is 1. The minimum atomic E-state index is -0.479. The standard InChI is InChI=1S/C28H36N2O4/c1-4-7-8-9-10-11-18-34-26-17-12-22(20-27(26)33-6-3)19-23(21-29)28(31)30-24-13-15-25(16-14-24)32-5-2/h12-17,19-20H,4-11,18H2,1-3H3,(H,30,31). The summed E-state index contributed by atoms with van der Waals surface area (Å²) in [4.78, 5) is 12.6. The second kappa shape index (κ2) is 15.4. The Labute approximate surface area is 203 Å². The lowest BCUT2D eigenvalue weighted by Gasteiger charge is -2.13. The summed E-state index contributed by atoms with van der Waals surface area (Å²) in [6, 6.07) is 14.4. The Morgan fingerprint density at radius 2 is 1.59 bits per heavy atom. The van der Waals surface area contributed by atoms with Crippen LogP contribution in [-0.2, 0) is 4.79 Å². The molecule has 0 aliphatic rings. The van der Waals surface area contributed by atoms with Crippen LogP contribution in [0.3, 0.4) is 0 Å². The molecule has 1 amide bonds. The number of nitriles is 1. The average Bonchev–Trinajstić information content (AvgIpc) is 2.84. The van der Waals surface area contributed by atoms with Gasteiger partial charge in [-0.05, 0) is 68.3 Å². The molecule has 2 aromatic rings. The van der Waals surface area contributed by atoms with E-state index in [1.807, 2.05) is 32.0 Å². The van der Waals surface area contributed by atoms with Crippen LogP contribution in [0.25, 0.3) is 6.08 Å². The summed E-state index contributed by atoms with van der Waals surface area (Å²) in [7, 11) is 0. The fraction of sp³-hybridized carbons (Fsp3) is 0.429. The van der Waals surface area contributed by atoms with Crippen LogP contribution in [-0.4, -0.2) is 25.7 Å². The lowest BCUT2D eigenvalue weighted by atomic mass is 10.1. The Bertz CT molecular complexity index is 961. The molecule has 2 rings (SSSR count). The topological polar surface area (TPSA) is 80.6 Å². The maximum atomic E-state index is 12.6. The Morgan fingerprint density at radius 1 is 0.882 bits per heavy atom. The molecule has 0 bridgehead atoms. The molecule has 2 aromatic carbocycles. The molecule has 182 valence electrons. The smallest absolute Gasteiger partial charge is 0.266 e. The number of unbranched alkanes of at least 4 members (excludes halogenated alkanes) is 5. The zero-order valence-corrected chi connectivity index (χ0v) is 20.6. The van der Waals surface area contributed by atoms with Gasteiger partial charge in [0.15, 0.2) is 11.5 Å². The van der Waals surface area contributed by atoms with E-state index < -0.39 is 5.91 Å². The summed E-state index contributed by atoms with van der Waals surface area (Å²) >= 11 is 0. The zero-order valence-electron chi connectivity index (χ0n) is 20.6. The van der Waals surface area contributed by atoms with Crippen molar-refractivity contribution in [2.45, 2.75) is 59.3 Å². The van der Waals surface area contributed by atoms with E-state index in [2.05, 4.69) is 12.2 Å². The molecule has 0 heterocycles. The van der Waals surface area contributed by atoms with Crippen molar-refractivity contribution in [2.24, 2.45) is 0 Å². The van der Waals surface area contributed by atoms with E-state index >= 15 is 0 Å². The number of rotatable bonds is 15. The van der Waals surface area contributed by atoms with Crippen molar-refractivity contribution in [2.75, 3.05) is 25.1 Å². The summed E-state index contributed by atoms with van der Waals surface area (Å²) in [5.74, 6) is 1.52. The molecule has 0 aliphatic heterocycles. The largest absolute Gasteiger partial charge is 0.494 e. The predicted octanol–water partition coefficient (Wildman–Crippen LogP) is 6.77. The van der Waals surface area contributed by atoms with E-state index in [1.54, 1.807) is 36.4 Å². The molecule has 0 saturated heterocycles. The normalized spacial score (nSPS) is 10.9. The number of carbonyl (C=O) groups is 1. The molecular formula is C28H36N2O4. The lowest BCUT2D eigenvalue weighted by Crippen LogP contribution is -2.13. The number of amides is 1. The van der Waals surface area contributed by atoms with Gasteiger partial charge >= 0.3 is 0 Å². The van der Waals surface area contributed by atoms with Gasteiger partial charge < -0.3 is 19.5 Å². The molecule has 34 heavy (non-hydrogen) atoms. The third-order valence-corrected chi connectivity index (χ3v) is 5.12. The Kier molecular flexibility index (Phi) is 12.1. The van der Waals surface area contributed by atoms with Crippen LogP contribution >= 0.6 is 0 Å². The molecular weight excluding hydrogens is 428 g/mol. The molecule has 6 nitrogen and oxygen atoms in total. The van der Waals surface area contributed by atoms with E-state index in [0.29, 0.717) is 42.6 Å². The van der Waals surface area contributed by atoms with Gasteiger partial charge in [0.1, 0.15) is 17.4 Å². The number of nitrogens with one attached hydrogen (secondary N) is 1. The summed E-state index contributed by atoms with van der Waals surface area (Å²) in [5.41, 5.74) is 1.27. The maximum absolute atomic E-state index is 12.6. The highest BCUT2D eigenvalue weighted by molar-refractivity contribution is 6.09. The van der Waals surface area contributed by atoms with Crippen molar-refractivity contribution in [1.82, 2.24) is 0 Å². The number of benzene rings is 2. The van der Waals surface area contributed by atoms with Gasteiger partial charge in [-0.3, -0.25) is 4.79 Å². The number of ether oxygens (including phenoxy) is 3.